The molecule has 0 aliphatic heterocycles. The maximum Gasteiger partial charge on any atom is 0.303 e. The van der Waals surface area contributed by atoms with Crippen LogP contribution in [0, 0.1) is 23.7 Å². The zero-order valence-corrected chi connectivity index (χ0v) is 11.2. The maximum absolute atomic E-state index is 10.2. The van der Waals surface area contributed by atoms with Gasteiger partial charge in [0.2, 0.25) is 0 Å². The normalized spacial score (nSPS) is 9.39. The molecule has 0 unspecified atom stereocenters. The summed E-state index contributed by atoms with van der Waals surface area (Å²) >= 11 is 0. The first-order valence-corrected chi connectivity index (χ1v) is 6.62. The van der Waals surface area contributed by atoms with Gasteiger partial charge in [-0.25, -0.2) is 0 Å². The molecule has 0 aromatic carbocycles. The first kappa shape index (κ1) is 16.3. The van der Waals surface area contributed by atoms with Gasteiger partial charge >= 0.3 is 5.97 Å². The standard InChI is InChI=1S/C16H22O2/c1-2-3-4-5-6-7-8-9-10-11-12-13-14-15-16(17)18/h5-6H,2-4,11-15H2,1H3,(H,17,18). The van der Waals surface area contributed by atoms with Crippen LogP contribution in [0.3, 0.4) is 0 Å². The van der Waals surface area contributed by atoms with Crippen LogP contribution in [0.2, 0.25) is 0 Å². The number of hydrogen-bond acceptors (Lipinski definition) is 1. The first-order valence-electron chi connectivity index (χ1n) is 6.62. The van der Waals surface area contributed by atoms with Gasteiger partial charge in [0.15, 0.2) is 0 Å². The molecular weight excluding hydrogens is 224 g/mol. The summed E-state index contributed by atoms with van der Waals surface area (Å²) in [6.45, 7) is 2.17. The Balaban J connectivity index is 3.46. The predicted octanol–water partition coefficient (Wildman–Crippen LogP) is 3.77. The molecule has 1 N–H and O–H groups in total. The van der Waals surface area contributed by atoms with Crippen molar-refractivity contribution in [1.29, 1.82) is 0 Å². The van der Waals surface area contributed by atoms with Gasteiger partial charge < -0.3 is 5.11 Å². The molecule has 0 heterocycles. The molecule has 0 fully saturated rings. The number of aliphatic carboxylic acids is 1. The lowest BCUT2D eigenvalue weighted by molar-refractivity contribution is -0.137. The number of unbranched alkanes of at least 4 members (excludes halogenated alkanes) is 5. The molecule has 0 aromatic heterocycles. The highest BCUT2D eigenvalue weighted by Crippen LogP contribution is 2.01. The molecule has 98 valence electrons. The van der Waals surface area contributed by atoms with Gasteiger partial charge in [-0.1, -0.05) is 44.1 Å². The maximum atomic E-state index is 10.2. The molecule has 0 aromatic rings. The Morgan fingerprint density at radius 2 is 2.00 bits per heavy atom. The van der Waals surface area contributed by atoms with Crippen molar-refractivity contribution in [2.24, 2.45) is 0 Å². The molecule has 0 atom stereocenters. The number of hydrogen-bond donors (Lipinski definition) is 1. The molecule has 2 heteroatoms. The van der Waals surface area contributed by atoms with E-state index in [1.165, 1.54) is 12.8 Å². The minimum Gasteiger partial charge on any atom is -0.481 e. The van der Waals surface area contributed by atoms with Gasteiger partial charge in [-0.2, -0.15) is 0 Å². The molecule has 0 bridgehead atoms. The second-order valence-electron chi connectivity index (χ2n) is 4.07. The highest BCUT2D eigenvalue weighted by molar-refractivity contribution is 5.66. The number of carbonyl (C=O) groups is 1. The third-order valence-electron chi connectivity index (χ3n) is 2.34. The van der Waals surface area contributed by atoms with Crippen LogP contribution in [0.15, 0.2) is 12.2 Å². The lowest BCUT2D eigenvalue weighted by Crippen LogP contribution is -1.93. The Morgan fingerprint density at radius 3 is 2.72 bits per heavy atom. The summed E-state index contributed by atoms with van der Waals surface area (Å²) in [7, 11) is 0. The van der Waals surface area contributed by atoms with E-state index in [1.54, 1.807) is 0 Å². The molecule has 2 nitrogen and oxygen atoms in total. The van der Waals surface area contributed by atoms with Gasteiger partial charge in [-0.15, -0.1) is 0 Å². The van der Waals surface area contributed by atoms with Crippen molar-refractivity contribution in [1.82, 2.24) is 0 Å². The summed E-state index contributed by atoms with van der Waals surface area (Å²) in [6.07, 6.45) is 11.1. The third-order valence-corrected chi connectivity index (χ3v) is 2.34. The van der Waals surface area contributed by atoms with Crippen LogP contribution < -0.4 is 0 Å². The van der Waals surface area contributed by atoms with Crippen molar-refractivity contribution in [2.75, 3.05) is 0 Å². The number of carboxylic acid groups (broad SMARTS) is 1. The second-order valence-corrected chi connectivity index (χ2v) is 4.07. The van der Waals surface area contributed by atoms with Crippen molar-refractivity contribution in [3.05, 3.63) is 12.2 Å². The molecule has 0 radical (unpaired) electrons. The van der Waals surface area contributed by atoms with Crippen LogP contribution in [0.1, 0.15) is 58.3 Å². The molecule has 0 spiro atoms. The SMILES string of the molecule is CCCCC=CC#CC#CCCCCCC(=O)O. The molecule has 0 aliphatic carbocycles. The van der Waals surface area contributed by atoms with Gasteiger partial charge in [0, 0.05) is 12.8 Å². The first-order chi connectivity index (χ1) is 8.77. The van der Waals surface area contributed by atoms with E-state index in [2.05, 4.69) is 36.7 Å². The summed E-state index contributed by atoms with van der Waals surface area (Å²) in [5.74, 6) is 10.7. The van der Waals surface area contributed by atoms with Crippen molar-refractivity contribution in [3.63, 3.8) is 0 Å². The molecule has 0 saturated carbocycles. The third kappa shape index (κ3) is 14.3. The van der Waals surface area contributed by atoms with Crippen LogP contribution >= 0.6 is 0 Å². The Bertz CT molecular complexity index is 358. The lowest BCUT2D eigenvalue weighted by atomic mass is 10.1. The van der Waals surface area contributed by atoms with Gasteiger partial charge in [0.1, 0.15) is 0 Å². The summed E-state index contributed by atoms with van der Waals surface area (Å²) in [6, 6.07) is 0. The largest absolute Gasteiger partial charge is 0.481 e. The highest BCUT2D eigenvalue weighted by Gasteiger charge is 1.94. The summed E-state index contributed by atoms with van der Waals surface area (Å²) in [5.41, 5.74) is 0. The average molecular weight is 246 g/mol. The smallest absolute Gasteiger partial charge is 0.303 e. The lowest BCUT2D eigenvalue weighted by Gasteiger charge is -1.92. The number of rotatable bonds is 8. The predicted molar refractivity (Wildman–Crippen MR) is 74.9 cm³/mol. The Labute approximate surface area is 110 Å². The van der Waals surface area contributed by atoms with Crippen LogP contribution in [0.5, 0.6) is 0 Å². The number of carboxylic acids is 1. The van der Waals surface area contributed by atoms with Crippen molar-refractivity contribution in [2.45, 2.75) is 58.3 Å². The van der Waals surface area contributed by atoms with E-state index < -0.39 is 5.97 Å². The molecule has 18 heavy (non-hydrogen) atoms. The van der Waals surface area contributed by atoms with E-state index in [0.717, 1.165) is 32.1 Å². The van der Waals surface area contributed by atoms with Gasteiger partial charge in [-0.05, 0) is 37.2 Å². The van der Waals surface area contributed by atoms with Crippen LogP contribution in [-0.2, 0) is 4.79 Å². The second kappa shape index (κ2) is 13.4. The molecule has 0 aliphatic rings. The topological polar surface area (TPSA) is 37.3 Å². The molecule has 0 saturated heterocycles. The van der Waals surface area contributed by atoms with E-state index in [0.29, 0.717) is 0 Å². The van der Waals surface area contributed by atoms with Crippen molar-refractivity contribution >= 4 is 5.97 Å². The fourth-order valence-corrected chi connectivity index (χ4v) is 1.32. The van der Waals surface area contributed by atoms with E-state index in [9.17, 15) is 4.79 Å². The summed E-state index contributed by atoms with van der Waals surface area (Å²) in [4.78, 5) is 10.2. The molecule has 0 rings (SSSR count). The number of allylic oxidation sites excluding steroid dienone is 2. The van der Waals surface area contributed by atoms with Gasteiger partial charge in [0.05, 0.1) is 0 Å². The van der Waals surface area contributed by atoms with Crippen LogP contribution in [0.4, 0.5) is 0 Å². The highest BCUT2D eigenvalue weighted by atomic mass is 16.4. The monoisotopic (exact) mass is 246 g/mol. The Kier molecular flexibility index (Phi) is 12.2. The van der Waals surface area contributed by atoms with E-state index in [-0.39, 0.29) is 6.42 Å². The Morgan fingerprint density at radius 1 is 1.17 bits per heavy atom. The average Bonchev–Trinajstić information content (AvgIpc) is 2.34. The van der Waals surface area contributed by atoms with E-state index >= 15 is 0 Å². The molecular formula is C16H22O2. The fourth-order valence-electron chi connectivity index (χ4n) is 1.32. The van der Waals surface area contributed by atoms with Gasteiger partial charge in [-0.3, -0.25) is 4.79 Å². The van der Waals surface area contributed by atoms with E-state index in [1.807, 2.05) is 6.08 Å². The van der Waals surface area contributed by atoms with E-state index in [4.69, 9.17) is 5.11 Å². The van der Waals surface area contributed by atoms with Gasteiger partial charge in [0.25, 0.3) is 0 Å². The molecule has 0 amide bonds. The summed E-state index contributed by atoms with van der Waals surface area (Å²) in [5, 5.41) is 8.44. The zero-order valence-electron chi connectivity index (χ0n) is 11.2. The quantitative estimate of drug-likeness (QED) is 0.523. The van der Waals surface area contributed by atoms with Crippen LogP contribution in [0.25, 0.3) is 0 Å². The fraction of sp³-hybridized carbons (Fsp3) is 0.562. The van der Waals surface area contributed by atoms with Crippen molar-refractivity contribution in [3.8, 4) is 23.7 Å². The minimum absolute atomic E-state index is 0.260. The zero-order chi connectivity index (χ0) is 13.5. The Hall–Kier alpha value is -1.67. The van der Waals surface area contributed by atoms with Crippen molar-refractivity contribution < 1.29 is 9.90 Å². The summed E-state index contributed by atoms with van der Waals surface area (Å²) < 4.78 is 0. The van der Waals surface area contributed by atoms with Crippen LogP contribution in [-0.4, -0.2) is 11.1 Å². The minimum atomic E-state index is -0.721.